The van der Waals surface area contributed by atoms with Gasteiger partial charge in [-0.1, -0.05) is 17.5 Å². The van der Waals surface area contributed by atoms with E-state index in [4.69, 9.17) is 16.7 Å². The molecule has 1 aromatic carbocycles. The Kier molecular flexibility index (Phi) is 4.16. The van der Waals surface area contributed by atoms with Crippen LogP contribution in [0.15, 0.2) is 23.1 Å². The van der Waals surface area contributed by atoms with Crippen molar-refractivity contribution >= 4 is 27.4 Å². The lowest BCUT2D eigenvalue weighted by molar-refractivity contribution is 0.0697. The number of carboxylic acid groups (broad SMARTS) is 1. The molecule has 0 unspecified atom stereocenters. The molecule has 1 rings (SSSR count). The zero-order valence-electron chi connectivity index (χ0n) is 8.90. The summed E-state index contributed by atoms with van der Waals surface area (Å²) in [7, 11) is -3.59. The van der Waals surface area contributed by atoms with Crippen molar-refractivity contribution in [1.82, 2.24) is 0 Å². The Hall–Kier alpha value is -1.51. The summed E-state index contributed by atoms with van der Waals surface area (Å²) in [5, 5.41) is 8.82. The van der Waals surface area contributed by atoms with E-state index in [9.17, 15) is 13.2 Å². The molecule has 0 aromatic heterocycles. The number of benzene rings is 1. The first-order valence-electron chi connectivity index (χ1n) is 4.53. The van der Waals surface area contributed by atoms with Crippen molar-refractivity contribution in [2.45, 2.75) is 11.8 Å². The monoisotopic (exact) mass is 272 g/mol. The van der Waals surface area contributed by atoms with Gasteiger partial charge >= 0.3 is 5.97 Å². The maximum absolute atomic E-state index is 11.7. The summed E-state index contributed by atoms with van der Waals surface area (Å²) in [5.41, 5.74) is -0.239. The first kappa shape index (κ1) is 13.6. The molecule has 0 heterocycles. The maximum atomic E-state index is 11.7. The highest BCUT2D eigenvalue weighted by molar-refractivity contribution is 7.91. The molecule has 0 radical (unpaired) electrons. The Balaban J connectivity index is 3.28. The summed E-state index contributed by atoms with van der Waals surface area (Å²) >= 11 is 5.64. The van der Waals surface area contributed by atoms with E-state index in [1.807, 2.05) is 0 Å². The molecule has 0 amide bonds. The van der Waals surface area contributed by atoms with Crippen LogP contribution < -0.4 is 0 Å². The highest BCUT2D eigenvalue weighted by Gasteiger charge is 2.17. The van der Waals surface area contributed by atoms with E-state index in [-0.39, 0.29) is 21.2 Å². The second-order valence-corrected chi connectivity index (χ2v) is 5.53. The van der Waals surface area contributed by atoms with Gasteiger partial charge in [0.15, 0.2) is 9.84 Å². The molecule has 1 aromatic rings. The summed E-state index contributed by atoms with van der Waals surface area (Å²) in [5.74, 6) is 3.29. The molecule has 0 saturated heterocycles. The summed E-state index contributed by atoms with van der Waals surface area (Å²) in [6, 6.07) is 3.55. The van der Waals surface area contributed by atoms with Gasteiger partial charge in [-0.05, 0) is 25.1 Å². The van der Waals surface area contributed by atoms with Crippen LogP contribution in [0.1, 0.15) is 17.3 Å². The summed E-state index contributed by atoms with van der Waals surface area (Å²) < 4.78 is 23.5. The summed E-state index contributed by atoms with van der Waals surface area (Å²) in [6.45, 7) is 1.53. The van der Waals surface area contributed by atoms with Gasteiger partial charge in [0.25, 0.3) is 0 Å². The number of sulfone groups is 1. The number of hydrogen-bond acceptors (Lipinski definition) is 3. The van der Waals surface area contributed by atoms with Gasteiger partial charge < -0.3 is 5.11 Å². The number of halogens is 1. The molecule has 0 fully saturated rings. The fourth-order valence-electron chi connectivity index (χ4n) is 1.11. The molecular weight excluding hydrogens is 264 g/mol. The van der Waals surface area contributed by atoms with Gasteiger partial charge in [0.05, 0.1) is 15.5 Å². The van der Waals surface area contributed by atoms with Crippen LogP contribution in [0.2, 0.25) is 5.02 Å². The summed E-state index contributed by atoms with van der Waals surface area (Å²) in [4.78, 5) is 10.7. The fourth-order valence-corrected chi connectivity index (χ4v) is 2.38. The Morgan fingerprint density at radius 3 is 2.65 bits per heavy atom. The molecular formula is C11H9ClO4S. The molecule has 0 bridgehead atoms. The zero-order valence-corrected chi connectivity index (χ0v) is 10.5. The molecule has 0 saturated carbocycles. The van der Waals surface area contributed by atoms with Gasteiger partial charge in [0.1, 0.15) is 5.75 Å². The molecule has 0 atom stereocenters. The molecule has 1 N–H and O–H groups in total. The Morgan fingerprint density at radius 1 is 1.47 bits per heavy atom. The van der Waals surface area contributed by atoms with Crippen molar-refractivity contribution in [2.24, 2.45) is 0 Å². The molecule has 0 aliphatic rings. The minimum atomic E-state index is -3.59. The van der Waals surface area contributed by atoms with Gasteiger partial charge in [-0.25, -0.2) is 13.2 Å². The number of aromatic carboxylic acids is 1. The predicted molar refractivity (Wildman–Crippen MR) is 63.9 cm³/mol. The topological polar surface area (TPSA) is 71.4 Å². The van der Waals surface area contributed by atoms with Crippen molar-refractivity contribution < 1.29 is 18.3 Å². The van der Waals surface area contributed by atoms with Crippen molar-refractivity contribution in [3.05, 3.63) is 28.8 Å². The molecule has 90 valence electrons. The summed E-state index contributed by atoms with van der Waals surface area (Å²) in [6.07, 6.45) is 0. The van der Waals surface area contributed by atoms with Crippen molar-refractivity contribution in [2.75, 3.05) is 5.75 Å². The molecule has 0 aliphatic heterocycles. The number of carbonyl (C=O) groups is 1. The lowest BCUT2D eigenvalue weighted by atomic mass is 10.2. The molecule has 0 aliphatic carbocycles. The van der Waals surface area contributed by atoms with Crippen LogP contribution in [-0.2, 0) is 9.84 Å². The lowest BCUT2D eigenvalue weighted by Crippen LogP contribution is -2.07. The molecule has 0 spiro atoms. The van der Waals surface area contributed by atoms with Crippen molar-refractivity contribution in [3.63, 3.8) is 0 Å². The van der Waals surface area contributed by atoms with Crippen molar-refractivity contribution in [3.8, 4) is 11.8 Å². The Labute approximate surface area is 104 Å². The lowest BCUT2D eigenvalue weighted by Gasteiger charge is -2.03. The maximum Gasteiger partial charge on any atom is 0.337 e. The highest BCUT2D eigenvalue weighted by atomic mass is 35.5. The van der Waals surface area contributed by atoms with Crippen LogP contribution in [0.3, 0.4) is 0 Å². The van der Waals surface area contributed by atoms with Gasteiger partial charge in [0, 0.05) is 0 Å². The van der Waals surface area contributed by atoms with E-state index in [1.165, 1.54) is 19.1 Å². The van der Waals surface area contributed by atoms with E-state index < -0.39 is 15.8 Å². The van der Waals surface area contributed by atoms with Gasteiger partial charge in [-0.15, -0.1) is 5.92 Å². The second kappa shape index (κ2) is 5.21. The average molecular weight is 273 g/mol. The SMILES string of the molecule is CC#CCS(=O)(=O)c1ccc(Cl)c(C(=O)O)c1. The standard InChI is InChI=1S/C11H9ClO4S/c1-2-3-6-17(15,16)8-4-5-10(12)9(7-8)11(13)14/h4-5,7H,6H2,1H3,(H,13,14). The first-order chi connectivity index (χ1) is 7.88. The molecule has 4 nitrogen and oxygen atoms in total. The van der Waals surface area contributed by atoms with Crippen LogP contribution in [0, 0.1) is 11.8 Å². The highest BCUT2D eigenvalue weighted by Crippen LogP contribution is 2.21. The fraction of sp³-hybridized carbons (Fsp3) is 0.182. The van der Waals surface area contributed by atoms with Crippen LogP contribution in [0.4, 0.5) is 0 Å². The van der Waals surface area contributed by atoms with Crippen LogP contribution >= 0.6 is 11.6 Å². The number of rotatable bonds is 3. The van der Waals surface area contributed by atoms with Crippen LogP contribution in [0.5, 0.6) is 0 Å². The molecule has 17 heavy (non-hydrogen) atoms. The molecule has 6 heteroatoms. The van der Waals surface area contributed by atoms with E-state index >= 15 is 0 Å². The quantitative estimate of drug-likeness (QED) is 0.852. The third kappa shape index (κ3) is 3.22. The zero-order chi connectivity index (χ0) is 13.1. The van der Waals surface area contributed by atoms with Gasteiger partial charge in [0.2, 0.25) is 0 Å². The normalized spacial score (nSPS) is 10.5. The Morgan fingerprint density at radius 2 is 2.12 bits per heavy atom. The number of hydrogen-bond donors (Lipinski definition) is 1. The third-order valence-electron chi connectivity index (χ3n) is 1.97. The van der Waals surface area contributed by atoms with E-state index in [2.05, 4.69) is 11.8 Å². The minimum absolute atomic E-state index is 0.00183. The van der Waals surface area contributed by atoms with E-state index in [0.717, 1.165) is 6.07 Å². The average Bonchev–Trinajstić information content (AvgIpc) is 2.26. The Bertz CT molecular complexity index is 608. The number of carboxylic acids is 1. The van der Waals surface area contributed by atoms with Gasteiger partial charge in [-0.2, -0.15) is 0 Å². The minimum Gasteiger partial charge on any atom is -0.478 e. The smallest absolute Gasteiger partial charge is 0.337 e. The first-order valence-corrected chi connectivity index (χ1v) is 6.56. The van der Waals surface area contributed by atoms with E-state index in [1.54, 1.807) is 0 Å². The van der Waals surface area contributed by atoms with Gasteiger partial charge in [-0.3, -0.25) is 0 Å². The van der Waals surface area contributed by atoms with Crippen molar-refractivity contribution in [1.29, 1.82) is 0 Å². The van der Waals surface area contributed by atoms with E-state index in [0.29, 0.717) is 0 Å². The predicted octanol–water partition coefficient (Wildman–Crippen LogP) is 1.84. The van der Waals surface area contributed by atoms with Crippen LogP contribution in [0.25, 0.3) is 0 Å². The van der Waals surface area contributed by atoms with Crippen LogP contribution in [-0.4, -0.2) is 25.2 Å². The third-order valence-corrected chi connectivity index (χ3v) is 3.79. The second-order valence-electron chi connectivity index (χ2n) is 3.13. The largest absolute Gasteiger partial charge is 0.478 e.